The van der Waals surface area contributed by atoms with E-state index in [1.807, 2.05) is 0 Å². The maximum Gasteiger partial charge on any atom is 0.136 e. The number of hydrogen-bond donors (Lipinski definition) is 1. The van der Waals surface area contributed by atoms with Gasteiger partial charge in [-0.25, -0.2) is 0 Å². The molecule has 2 atom stereocenters. The van der Waals surface area contributed by atoms with Crippen molar-refractivity contribution < 1.29 is 4.79 Å². The monoisotopic (exact) mass is 285 g/mol. The van der Waals surface area contributed by atoms with Crippen molar-refractivity contribution in [3.05, 3.63) is 35.9 Å². The second kappa shape index (κ2) is 7.22. The number of ketones is 1. The first kappa shape index (κ1) is 14.8. The molecule has 2 heteroatoms. The largest absolute Gasteiger partial charge is 0.311 e. The molecule has 0 amide bonds. The Hall–Kier alpha value is -1.15. The molecule has 2 heterocycles. The molecule has 2 saturated heterocycles. The van der Waals surface area contributed by atoms with Gasteiger partial charge in [-0.15, -0.1) is 0 Å². The molecule has 21 heavy (non-hydrogen) atoms. The highest BCUT2D eigenvalue weighted by atomic mass is 16.1. The highest BCUT2D eigenvalue weighted by Gasteiger charge is 2.33. The Morgan fingerprint density at radius 2 is 1.76 bits per heavy atom. The maximum atomic E-state index is 12.4. The van der Waals surface area contributed by atoms with Gasteiger partial charge in [0.15, 0.2) is 0 Å². The number of Topliss-reactive ketones (excluding diaryl/α,β-unsaturated/α-hetero) is 1. The topological polar surface area (TPSA) is 29.1 Å². The molecule has 3 rings (SSSR count). The third-order valence-corrected chi connectivity index (χ3v) is 5.15. The quantitative estimate of drug-likeness (QED) is 0.803. The second-order valence-corrected chi connectivity index (χ2v) is 6.82. The van der Waals surface area contributed by atoms with Gasteiger partial charge in [-0.1, -0.05) is 36.8 Å². The van der Waals surface area contributed by atoms with E-state index in [2.05, 4.69) is 35.6 Å². The molecule has 2 aliphatic rings. The average Bonchev–Trinajstić information content (AvgIpc) is 2.52. The van der Waals surface area contributed by atoms with E-state index in [1.165, 1.54) is 24.8 Å². The second-order valence-electron chi connectivity index (χ2n) is 6.82. The van der Waals surface area contributed by atoms with Crippen LogP contribution in [0.3, 0.4) is 0 Å². The Bertz CT molecular complexity index is 444. The highest BCUT2D eigenvalue weighted by Crippen LogP contribution is 2.31. The lowest BCUT2D eigenvalue weighted by Crippen LogP contribution is -2.50. The van der Waals surface area contributed by atoms with Crippen LogP contribution < -0.4 is 5.32 Å². The van der Waals surface area contributed by atoms with Crippen LogP contribution in [0.2, 0.25) is 0 Å². The zero-order chi connectivity index (χ0) is 14.5. The highest BCUT2D eigenvalue weighted by molar-refractivity contribution is 5.81. The first-order valence-electron chi connectivity index (χ1n) is 8.64. The van der Waals surface area contributed by atoms with Gasteiger partial charge in [-0.3, -0.25) is 4.79 Å². The van der Waals surface area contributed by atoms with Gasteiger partial charge >= 0.3 is 0 Å². The van der Waals surface area contributed by atoms with Crippen LogP contribution in [0.5, 0.6) is 0 Å². The predicted molar refractivity (Wildman–Crippen MR) is 86.3 cm³/mol. The number of rotatable bonds is 6. The Morgan fingerprint density at radius 3 is 2.48 bits per heavy atom. The van der Waals surface area contributed by atoms with E-state index in [1.54, 1.807) is 0 Å². The molecule has 1 aromatic carbocycles. The summed E-state index contributed by atoms with van der Waals surface area (Å²) in [6, 6.07) is 11.8. The van der Waals surface area contributed by atoms with Crippen molar-refractivity contribution in [2.24, 2.45) is 5.92 Å². The lowest BCUT2D eigenvalue weighted by Gasteiger charge is -2.39. The van der Waals surface area contributed by atoms with E-state index < -0.39 is 0 Å². The Kier molecular flexibility index (Phi) is 5.08. The van der Waals surface area contributed by atoms with Gasteiger partial charge in [-0.05, 0) is 50.5 Å². The summed E-state index contributed by atoms with van der Waals surface area (Å²) < 4.78 is 0. The fourth-order valence-electron chi connectivity index (χ4n) is 4.01. The molecular formula is C19H27NO. The zero-order valence-corrected chi connectivity index (χ0v) is 12.9. The van der Waals surface area contributed by atoms with Crippen LogP contribution in [-0.2, 0) is 11.2 Å². The minimum absolute atomic E-state index is 0.346. The number of carbonyl (C=O) groups excluding carboxylic acids is 1. The number of benzene rings is 1. The summed E-state index contributed by atoms with van der Waals surface area (Å²) in [4.78, 5) is 12.4. The number of unbranched alkanes of at least 4 members (excludes halogenated alkanes) is 1. The number of hydrogen-bond acceptors (Lipinski definition) is 2. The van der Waals surface area contributed by atoms with Crippen LogP contribution in [-0.4, -0.2) is 17.9 Å². The lowest BCUT2D eigenvalue weighted by molar-refractivity contribution is -0.124. The zero-order valence-electron chi connectivity index (χ0n) is 12.9. The molecule has 114 valence electrons. The minimum atomic E-state index is 0.346. The Balaban J connectivity index is 1.38. The third-order valence-electron chi connectivity index (χ3n) is 5.15. The summed E-state index contributed by atoms with van der Waals surface area (Å²) in [5, 5.41) is 3.67. The van der Waals surface area contributed by atoms with E-state index in [9.17, 15) is 4.79 Å². The van der Waals surface area contributed by atoms with Crippen molar-refractivity contribution in [2.75, 3.05) is 0 Å². The summed E-state index contributed by atoms with van der Waals surface area (Å²) in [6.07, 6.45) is 10.1. The number of piperidine rings is 2. The molecule has 1 N–H and O–H groups in total. The standard InChI is InChI=1S/C19H27NO/c21-19(12-5-4-9-15-7-2-1-3-8-15)16-13-17-10-6-11-18(14-16)20-17/h1-3,7-8,16-18,20H,4-6,9-14H2. The number of fused-ring (bicyclic) bond motifs is 2. The van der Waals surface area contributed by atoms with Crippen LogP contribution in [0.1, 0.15) is 56.9 Å². The van der Waals surface area contributed by atoms with Crippen molar-refractivity contribution in [1.29, 1.82) is 0 Å². The van der Waals surface area contributed by atoms with Gasteiger partial charge < -0.3 is 5.32 Å². The van der Waals surface area contributed by atoms with Gasteiger partial charge in [0.1, 0.15) is 5.78 Å². The maximum absolute atomic E-state index is 12.4. The van der Waals surface area contributed by atoms with Crippen molar-refractivity contribution >= 4 is 5.78 Å². The van der Waals surface area contributed by atoms with Crippen molar-refractivity contribution in [1.82, 2.24) is 5.32 Å². The third kappa shape index (κ3) is 4.16. The fraction of sp³-hybridized carbons (Fsp3) is 0.632. The predicted octanol–water partition coefficient (Wildman–Crippen LogP) is 3.89. The summed E-state index contributed by atoms with van der Waals surface area (Å²) in [7, 11) is 0. The Labute approximate surface area is 128 Å². The average molecular weight is 285 g/mol. The summed E-state index contributed by atoms with van der Waals surface area (Å²) >= 11 is 0. The summed E-state index contributed by atoms with van der Waals surface area (Å²) in [5.74, 6) is 0.875. The molecule has 0 aliphatic carbocycles. The van der Waals surface area contributed by atoms with E-state index in [4.69, 9.17) is 0 Å². The molecule has 2 bridgehead atoms. The molecule has 2 aliphatic heterocycles. The van der Waals surface area contributed by atoms with Crippen LogP contribution in [0, 0.1) is 5.92 Å². The molecule has 0 saturated carbocycles. The van der Waals surface area contributed by atoms with Gasteiger partial charge in [0, 0.05) is 24.4 Å². The van der Waals surface area contributed by atoms with E-state index >= 15 is 0 Å². The van der Waals surface area contributed by atoms with Gasteiger partial charge in [0.2, 0.25) is 0 Å². The smallest absolute Gasteiger partial charge is 0.136 e. The molecule has 0 radical (unpaired) electrons. The van der Waals surface area contributed by atoms with Crippen LogP contribution >= 0.6 is 0 Å². The lowest BCUT2D eigenvalue weighted by atomic mass is 9.77. The van der Waals surface area contributed by atoms with Gasteiger partial charge in [0.25, 0.3) is 0 Å². The van der Waals surface area contributed by atoms with Crippen molar-refractivity contribution in [3.8, 4) is 0 Å². The minimum Gasteiger partial charge on any atom is -0.311 e. The first-order chi connectivity index (χ1) is 10.3. The molecule has 0 aromatic heterocycles. The number of carbonyl (C=O) groups is 1. The Morgan fingerprint density at radius 1 is 1.05 bits per heavy atom. The van der Waals surface area contributed by atoms with Crippen LogP contribution in [0.15, 0.2) is 30.3 Å². The SMILES string of the molecule is O=C(CCCCc1ccccc1)C1CC2CCCC(C1)N2. The van der Waals surface area contributed by atoms with Gasteiger partial charge in [-0.2, -0.15) is 0 Å². The van der Waals surface area contributed by atoms with Crippen molar-refractivity contribution in [2.45, 2.75) is 69.9 Å². The molecule has 1 aromatic rings. The number of nitrogens with one attached hydrogen (secondary N) is 1. The van der Waals surface area contributed by atoms with E-state index in [-0.39, 0.29) is 0 Å². The number of aryl methyl sites for hydroxylation is 1. The van der Waals surface area contributed by atoms with Crippen molar-refractivity contribution in [3.63, 3.8) is 0 Å². The molecule has 2 nitrogen and oxygen atoms in total. The van der Waals surface area contributed by atoms with Crippen LogP contribution in [0.25, 0.3) is 0 Å². The van der Waals surface area contributed by atoms with Gasteiger partial charge in [0.05, 0.1) is 0 Å². The molecule has 2 unspecified atom stereocenters. The summed E-state index contributed by atoms with van der Waals surface area (Å²) in [6.45, 7) is 0. The summed E-state index contributed by atoms with van der Waals surface area (Å²) in [5.41, 5.74) is 1.39. The van der Waals surface area contributed by atoms with E-state index in [0.717, 1.165) is 38.5 Å². The molecular weight excluding hydrogens is 258 g/mol. The normalized spacial score (nSPS) is 28.3. The van der Waals surface area contributed by atoms with E-state index in [0.29, 0.717) is 23.8 Å². The molecule has 2 fully saturated rings. The molecule has 0 spiro atoms. The fourth-order valence-corrected chi connectivity index (χ4v) is 4.01. The van der Waals surface area contributed by atoms with Crippen LogP contribution in [0.4, 0.5) is 0 Å². The first-order valence-corrected chi connectivity index (χ1v) is 8.64.